The van der Waals surface area contributed by atoms with Crippen LogP contribution in [-0.2, 0) is 11.3 Å². The highest BCUT2D eigenvalue weighted by Gasteiger charge is 2.38. The van der Waals surface area contributed by atoms with Crippen molar-refractivity contribution in [3.05, 3.63) is 65.0 Å². The minimum atomic E-state index is -4.87. The van der Waals surface area contributed by atoms with Gasteiger partial charge in [0.2, 0.25) is 0 Å². The van der Waals surface area contributed by atoms with Gasteiger partial charge in [-0.05, 0) is 12.5 Å². The summed E-state index contributed by atoms with van der Waals surface area (Å²) >= 11 is 1.50. The molecule has 3 nitrogen and oxygen atoms in total. The average molecular weight is 376 g/mol. The van der Waals surface area contributed by atoms with Gasteiger partial charge in [-0.1, -0.05) is 54.1 Å². The van der Waals surface area contributed by atoms with Crippen molar-refractivity contribution in [3.63, 3.8) is 0 Å². The summed E-state index contributed by atoms with van der Waals surface area (Å²) in [6.07, 6.45) is -4.87. The summed E-state index contributed by atoms with van der Waals surface area (Å²) in [5.41, 5.74) is 4.55. The lowest BCUT2D eigenvalue weighted by Crippen LogP contribution is -2.36. The van der Waals surface area contributed by atoms with Crippen LogP contribution in [0.4, 0.5) is 13.2 Å². The van der Waals surface area contributed by atoms with Crippen LogP contribution >= 0.6 is 11.3 Å². The van der Waals surface area contributed by atoms with Crippen LogP contribution in [0.5, 0.6) is 0 Å². The molecule has 0 saturated heterocycles. The fraction of sp³-hybridized carbons (Fsp3) is 0.158. The first-order chi connectivity index (χ1) is 12.3. The maximum Gasteiger partial charge on any atom is 0.471 e. The summed E-state index contributed by atoms with van der Waals surface area (Å²) in [7, 11) is 0. The molecule has 0 bridgehead atoms. The monoisotopic (exact) mass is 376 g/mol. The Morgan fingerprint density at radius 1 is 1.04 bits per heavy atom. The Balaban J connectivity index is 1.69. The number of alkyl halides is 3. The number of hydrogen-bond acceptors (Lipinski definition) is 3. The molecule has 3 rings (SSSR count). The molecule has 0 saturated carbocycles. The maximum absolute atomic E-state index is 12.2. The number of aryl methyl sites for hydroxylation is 1. The van der Waals surface area contributed by atoms with Crippen molar-refractivity contribution in [2.45, 2.75) is 19.6 Å². The van der Waals surface area contributed by atoms with Gasteiger partial charge in [-0.15, -0.1) is 11.3 Å². The van der Waals surface area contributed by atoms with E-state index in [9.17, 15) is 18.0 Å². The van der Waals surface area contributed by atoms with Crippen molar-refractivity contribution in [2.75, 3.05) is 0 Å². The van der Waals surface area contributed by atoms with Crippen LogP contribution in [-0.4, -0.2) is 17.1 Å². The average Bonchev–Trinajstić information content (AvgIpc) is 3.10. The van der Waals surface area contributed by atoms with Crippen molar-refractivity contribution < 1.29 is 18.0 Å². The Morgan fingerprint density at radius 2 is 1.65 bits per heavy atom. The Morgan fingerprint density at radius 3 is 2.27 bits per heavy atom. The summed E-state index contributed by atoms with van der Waals surface area (Å²) in [5.74, 6) is -1.94. The number of amides is 1. The highest BCUT2D eigenvalue weighted by molar-refractivity contribution is 7.13. The Bertz CT molecular complexity index is 900. The number of nitrogens with zero attached hydrogens (tertiary/aromatic N) is 1. The normalized spacial score (nSPS) is 11.4. The summed E-state index contributed by atoms with van der Waals surface area (Å²) in [6.45, 7) is 1.85. The third kappa shape index (κ3) is 4.29. The van der Waals surface area contributed by atoms with Crippen LogP contribution in [0.15, 0.2) is 53.9 Å². The molecular formula is C19H15F3N2OS. The van der Waals surface area contributed by atoms with E-state index < -0.39 is 12.1 Å². The molecule has 1 amide bonds. The molecule has 0 aliphatic heterocycles. The number of hydrogen-bond donors (Lipinski definition) is 1. The van der Waals surface area contributed by atoms with Gasteiger partial charge >= 0.3 is 12.1 Å². The second-order valence-corrected chi connectivity index (χ2v) is 6.64. The van der Waals surface area contributed by atoms with Crippen molar-refractivity contribution >= 4 is 17.2 Å². The number of halogens is 3. The molecule has 0 aliphatic rings. The lowest BCUT2D eigenvalue weighted by Gasteiger charge is -2.08. The summed E-state index contributed by atoms with van der Waals surface area (Å²) in [6, 6.07) is 15.0. The SMILES string of the molecule is Cc1ccc(-c2csc(-c3ccc(CNC(=O)C(F)(F)F)cc3)n2)cc1. The molecule has 0 radical (unpaired) electrons. The van der Waals surface area contributed by atoms with Crippen LogP contribution in [0.1, 0.15) is 11.1 Å². The van der Waals surface area contributed by atoms with E-state index in [1.165, 1.54) is 16.9 Å². The number of nitrogens with one attached hydrogen (secondary N) is 1. The lowest BCUT2D eigenvalue weighted by molar-refractivity contribution is -0.173. The van der Waals surface area contributed by atoms with E-state index in [-0.39, 0.29) is 6.54 Å². The summed E-state index contributed by atoms with van der Waals surface area (Å²) < 4.78 is 36.5. The summed E-state index contributed by atoms with van der Waals surface area (Å²) in [4.78, 5) is 15.5. The fourth-order valence-corrected chi connectivity index (χ4v) is 3.15. The largest absolute Gasteiger partial charge is 0.471 e. The lowest BCUT2D eigenvalue weighted by atomic mass is 10.1. The number of aromatic nitrogens is 1. The molecule has 0 fully saturated rings. The van der Waals surface area contributed by atoms with Crippen LogP contribution in [0, 0.1) is 6.92 Å². The van der Waals surface area contributed by atoms with Crippen LogP contribution < -0.4 is 5.32 Å². The maximum atomic E-state index is 12.2. The molecule has 0 aliphatic carbocycles. The molecule has 1 N–H and O–H groups in total. The van der Waals surface area contributed by atoms with Crippen molar-refractivity contribution in [1.82, 2.24) is 10.3 Å². The zero-order valence-corrected chi connectivity index (χ0v) is 14.6. The highest BCUT2D eigenvalue weighted by atomic mass is 32.1. The first kappa shape index (κ1) is 18.1. The van der Waals surface area contributed by atoms with E-state index in [4.69, 9.17) is 0 Å². The predicted octanol–water partition coefficient (Wildman–Crippen LogP) is 4.96. The zero-order chi connectivity index (χ0) is 18.7. The molecule has 0 unspecified atom stereocenters. The first-order valence-corrected chi connectivity index (χ1v) is 8.68. The number of carbonyl (C=O) groups is 1. The molecule has 26 heavy (non-hydrogen) atoms. The van der Waals surface area contributed by atoms with Gasteiger partial charge in [-0.2, -0.15) is 13.2 Å². The molecule has 0 spiro atoms. The smallest absolute Gasteiger partial charge is 0.344 e. The highest BCUT2D eigenvalue weighted by Crippen LogP contribution is 2.29. The number of carbonyl (C=O) groups excluding carboxylic acids is 1. The second-order valence-electron chi connectivity index (χ2n) is 5.78. The molecule has 2 aromatic carbocycles. The van der Waals surface area contributed by atoms with E-state index in [1.807, 2.05) is 41.9 Å². The number of rotatable bonds is 4. The number of benzene rings is 2. The van der Waals surface area contributed by atoms with Gasteiger partial charge in [0, 0.05) is 23.1 Å². The second kappa shape index (κ2) is 7.29. The molecule has 134 valence electrons. The first-order valence-electron chi connectivity index (χ1n) is 7.80. The van der Waals surface area contributed by atoms with E-state index in [2.05, 4.69) is 4.98 Å². The van der Waals surface area contributed by atoms with Crippen LogP contribution in [0.3, 0.4) is 0 Å². The van der Waals surface area contributed by atoms with Crippen LogP contribution in [0.2, 0.25) is 0 Å². The molecule has 1 heterocycles. The van der Waals surface area contributed by atoms with Crippen LogP contribution in [0.25, 0.3) is 21.8 Å². The van der Waals surface area contributed by atoms with Gasteiger partial charge in [0.15, 0.2) is 0 Å². The van der Waals surface area contributed by atoms with E-state index >= 15 is 0 Å². The van der Waals surface area contributed by atoms with Crippen molar-refractivity contribution in [3.8, 4) is 21.8 Å². The quantitative estimate of drug-likeness (QED) is 0.699. The molecule has 1 aromatic heterocycles. The third-order valence-electron chi connectivity index (χ3n) is 3.76. The number of thiazole rings is 1. The summed E-state index contributed by atoms with van der Waals surface area (Å²) in [5, 5.41) is 4.65. The van der Waals surface area contributed by atoms with E-state index in [1.54, 1.807) is 24.3 Å². The fourth-order valence-electron chi connectivity index (χ4n) is 2.31. The Hall–Kier alpha value is -2.67. The van der Waals surface area contributed by atoms with Crippen molar-refractivity contribution in [2.24, 2.45) is 0 Å². The van der Waals surface area contributed by atoms with Gasteiger partial charge < -0.3 is 5.32 Å². The molecule has 3 aromatic rings. The molecule has 7 heteroatoms. The topological polar surface area (TPSA) is 42.0 Å². The minimum absolute atomic E-state index is 0.175. The van der Waals surface area contributed by atoms with Crippen molar-refractivity contribution in [1.29, 1.82) is 0 Å². The molecule has 0 atom stereocenters. The minimum Gasteiger partial charge on any atom is -0.344 e. The van der Waals surface area contributed by atoms with Gasteiger partial charge in [-0.3, -0.25) is 4.79 Å². The van der Waals surface area contributed by atoms with Gasteiger partial charge in [0.25, 0.3) is 0 Å². The zero-order valence-electron chi connectivity index (χ0n) is 13.8. The van der Waals surface area contributed by atoms with E-state index in [0.717, 1.165) is 21.8 Å². The van der Waals surface area contributed by atoms with Gasteiger partial charge in [0.05, 0.1) is 5.69 Å². The Kier molecular flexibility index (Phi) is 5.08. The Labute approximate surface area is 152 Å². The third-order valence-corrected chi connectivity index (χ3v) is 4.65. The molecular weight excluding hydrogens is 361 g/mol. The van der Waals surface area contributed by atoms with Gasteiger partial charge in [0.1, 0.15) is 5.01 Å². The van der Waals surface area contributed by atoms with E-state index in [0.29, 0.717) is 5.56 Å². The standard InChI is InChI=1S/C19H15F3N2OS/c1-12-2-6-14(7-3-12)16-11-26-17(24-16)15-8-4-13(5-9-15)10-23-18(25)19(20,21)22/h2-9,11H,10H2,1H3,(H,23,25). The van der Waals surface area contributed by atoms with Gasteiger partial charge in [-0.25, -0.2) is 4.98 Å². The predicted molar refractivity (Wildman–Crippen MR) is 95.6 cm³/mol.